The molecule has 3 heteroatoms. The predicted molar refractivity (Wildman–Crippen MR) is 76.7 cm³/mol. The highest BCUT2D eigenvalue weighted by atomic mass is 16.2. The molecule has 1 heterocycles. The van der Waals surface area contributed by atoms with E-state index in [1.165, 1.54) is 12.8 Å². The third-order valence-electron chi connectivity index (χ3n) is 5.16. The zero-order valence-electron chi connectivity index (χ0n) is 11.6. The van der Waals surface area contributed by atoms with Crippen LogP contribution in [0.5, 0.6) is 0 Å². The summed E-state index contributed by atoms with van der Waals surface area (Å²) in [5, 5.41) is 0. The highest BCUT2D eigenvalue weighted by molar-refractivity contribution is 6.09. The molecular weight excluding hydrogens is 250 g/mol. The Balaban J connectivity index is 1.76. The first kappa shape index (κ1) is 12.1. The van der Waals surface area contributed by atoms with E-state index in [4.69, 9.17) is 0 Å². The number of amides is 1. The third-order valence-corrected chi connectivity index (χ3v) is 5.16. The Kier molecular flexibility index (Phi) is 2.53. The summed E-state index contributed by atoms with van der Waals surface area (Å²) in [6.07, 6.45) is 5.00. The van der Waals surface area contributed by atoms with Gasteiger partial charge in [-0.1, -0.05) is 18.2 Å². The van der Waals surface area contributed by atoms with E-state index in [9.17, 15) is 9.59 Å². The van der Waals surface area contributed by atoms with Gasteiger partial charge in [0, 0.05) is 25.1 Å². The Morgan fingerprint density at radius 2 is 1.80 bits per heavy atom. The molecule has 0 N–H and O–H groups in total. The number of hydrogen-bond donors (Lipinski definition) is 0. The molecule has 2 aliphatic carbocycles. The Morgan fingerprint density at radius 3 is 2.50 bits per heavy atom. The topological polar surface area (TPSA) is 37.4 Å². The van der Waals surface area contributed by atoms with Gasteiger partial charge in [0.2, 0.25) is 5.91 Å². The van der Waals surface area contributed by atoms with Crippen molar-refractivity contribution in [2.75, 3.05) is 11.4 Å². The standard InChI is InChI=1S/C17H19NO2/c19-13-7-9-17(10-8-13)14-3-1-2-4-15(14)18(16(17)20)11-12-5-6-12/h1-4,12H,5-11H2. The first-order valence-electron chi connectivity index (χ1n) is 7.64. The smallest absolute Gasteiger partial charge is 0.237 e. The molecule has 2 saturated carbocycles. The number of carbonyl (C=O) groups excluding carboxylic acids is 2. The van der Waals surface area contributed by atoms with Crippen LogP contribution in [0.2, 0.25) is 0 Å². The quantitative estimate of drug-likeness (QED) is 0.828. The van der Waals surface area contributed by atoms with Gasteiger partial charge in [-0.25, -0.2) is 0 Å². The van der Waals surface area contributed by atoms with Crippen molar-refractivity contribution in [2.24, 2.45) is 5.92 Å². The summed E-state index contributed by atoms with van der Waals surface area (Å²) in [6, 6.07) is 8.20. The molecule has 104 valence electrons. The summed E-state index contributed by atoms with van der Waals surface area (Å²) in [7, 11) is 0. The fourth-order valence-corrected chi connectivity index (χ4v) is 3.78. The van der Waals surface area contributed by atoms with Crippen molar-refractivity contribution in [1.82, 2.24) is 0 Å². The van der Waals surface area contributed by atoms with Crippen molar-refractivity contribution in [1.29, 1.82) is 0 Å². The van der Waals surface area contributed by atoms with Gasteiger partial charge in [0.05, 0.1) is 5.41 Å². The van der Waals surface area contributed by atoms with Crippen LogP contribution in [-0.2, 0) is 15.0 Å². The van der Waals surface area contributed by atoms with Crippen LogP contribution in [0.15, 0.2) is 24.3 Å². The van der Waals surface area contributed by atoms with Crippen LogP contribution in [-0.4, -0.2) is 18.2 Å². The van der Waals surface area contributed by atoms with Crippen molar-refractivity contribution in [2.45, 2.75) is 43.9 Å². The number of nitrogens with zero attached hydrogens (tertiary/aromatic N) is 1. The van der Waals surface area contributed by atoms with Crippen molar-refractivity contribution >= 4 is 17.4 Å². The van der Waals surface area contributed by atoms with Gasteiger partial charge in [0.1, 0.15) is 5.78 Å². The molecule has 0 unspecified atom stereocenters. The maximum atomic E-state index is 13.0. The predicted octanol–water partition coefficient (Wildman–Crippen LogP) is 2.82. The van der Waals surface area contributed by atoms with Gasteiger partial charge in [-0.15, -0.1) is 0 Å². The number of benzene rings is 1. The third kappa shape index (κ3) is 1.65. The molecule has 20 heavy (non-hydrogen) atoms. The van der Waals surface area contributed by atoms with Crippen LogP contribution in [0.1, 0.15) is 44.1 Å². The molecule has 4 rings (SSSR count). The molecule has 1 amide bonds. The Hall–Kier alpha value is -1.64. The summed E-state index contributed by atoms with van der Waals surface area (Å²) in [5.74, 6) is 1.24. The number of rotatable bonds is 2. The number of hydrogen-bond acceptors (Lipinski definition) is 2. The lowest BCUT2D eigenvalue weighted by molar-refractivity contribution is -0.127. The minimum absolute atomic E-state index is 0.248. The van der Waals surface area contributed by atoms with Crippen LogP contribution < -0.4 is 4.90 Å². The van der Waals surface area contributed by atoms with Gasteiger partial charge in [-0.3, -0.25) is 9.59 Å². The van der Waals surface area contributed by atoms with Gasteiger partial charge >= 0.3 is 0 Å². The fraction of sp³-hybridized carbons (Fsp3) is 0.529. The van der Waals surface area contributed by atoms with Crippen molar-refractivity contribution in [3.63, 3.8) is 0 Å². The van der Waals surface area contributed by atoms with Gasteiger partial charge in [-0.05, 0) is 43.2 Å². The van der Waals surface area contributed by atoms with E-state index in [-0.39, 0.29) is 5.91 Å². The number of ketones is 1. The van der Waals surface area contributed by atoms with E-state index in [0.29, 0.717) is 37.4 Å². The minimum atomic E-state index is -0.403. The lowest BCUT2D eigenvalue weighted by Gasteiger charge is -2.32. The van der Waals surface area contributed by atoms with Gasteiger partial charge in [-0.2, -0.15) is 0 Å². The normalized spacial score (nSPS) is 24.3. The second kappa shape index (κ2) is 4.18. The lowest BCUT2D eigenvalue weighted by Crippen LogP contribution is -2.43. The highest BCUT2D eigenvalue weighted by Gasteiger charge is 2.52. The number of Topliss-reactive ketones (excluding diaryl/α,β-unsaturated/α-hetero) is 1. The largest absolute Gasteiger partial charge is 0.311 e. The zero-order valence-corrected chi connectivity index (χ0v) is 11.6. The molecule has 2 fully saturated rings. The van der Waals surface area contributed by atoms with Gasteiger partial charge < -0.3 is 4.90 Å². The fourth-order valence-electron chi connectivity index (χ4n) is 3.78. The van der Waals surface area contributed by atoms with Crippen LogP contribution >= 0.6 is 0 Å². The molecule has 0 atom stereocenters. The van der Waals surface area contributed by atoms with E-state index in [0.717, 1.165) is 17.8 Å². The van der Waals surface area contributed by atoms with Gasteiger partial charge in [0.25, 0.3) is 0 Å². The van der Waals surface area contributed by atoms with Crippen LogP contribution in [0.25, 0.3) is 0 Å². The van der Waals surface area contributed by atoms with Crippen LogP contribution in [0.4, 0.5) is 5.69 Å². The average molecular weight is 269 g/mol. The molecule has 1 aliphatic heterocycles. The van der Waals surface area contributed by atoms with E-state index in [1.54, 1.807) is 0 Å². The van der Waals surface area contributed by atoms with Crippen molar-refractivity contribution in [3.05, 3.63) is 29.8 Å². The molecule has 0 saturated heterocycles. The average Bonchev–Trinajstić information content (AvgIpc) is 3.26. The number of fused-ring (bicyclic) bond motifs is 2. The lowest BCUT2D eigenvalue weighted by atomic mass is 9.70. The SMILES string of the molecule is O=C1CCC2(CC1)C(=O)N(CC1CC1)c1ccccc12. The van der Waals surface area contributed by atoms with E-state index < -0.39 is 5.41 Å². The molecular formula is C17H19NO2. The molecule has 0 radical (unpaired) electrons. The van der Waals surface area contributed by atoms with Crippen LogP contribution in [0, 0.1) is 5.92 Å². The molecule has 1 aromatic carbocycles. The molecule has 1 aromatic rings. The van der Waals surface area contributed by atoms with Crippen molar-refractivity contribution in [3.8, 4) is 0 Å². The maximum absolute atomic E-state index is 13.0. The monoisotopic (exact) mass is 269 g/mol. The first-order chi connectivity index (χ1) is 9.71. The Morgan fingerprint density at radius 1 is 1.10 bits per heavy atom. The summed E-state index contributed by atoms with van der Waals surface area (Å²) in [5.41, 5.74) is 1.86. The molecule has 1 spiro atoms. The minimum Gasteiger partial charge on any atom is -0.311 e. The second-order valence-electron chi connectivity index (χ2n) is 6.50. The number of anilines is 1. The first-order valence-corrected chi connectivity index (χ1v) is 7.64. The highest BCUT2D eigenvalue weighted by Crippen LogP contribution is 2.50. The number of para-hydroxylation sites is 1. The summed E-state index contributed by atoms with van der Waals surface area (Å²) >= 11 is 0. The zero-order chi connectivity index (χ0) is 13.7. The Labute approximate surface area is 119 Å². The second-order valence-corrected chi connectivity index (χ2v) is 6.50. The maximum Gasteiger partial charge on any atom is 0.237 e. The van der Waals surface area contributed by atoms with Gasteiger partial charge in [0.15, 0.2) is 0 Å². The molecule has 3 aliphatic rings. The van der Waals surface area contributed by atoms with E-state index in [1.807, 2.05) is 17.0 Å². The number of carbonyl (C=O) groups is 2. The molecule has 0 bridgehead atoms. The van der Waals surface area contributed by atoms with E-state index >= 15 is 0 Å². The Bertz CT molecular complexity index is 578. The van der Waals surface area contributed by atoms with Crippen LogP contribution in [0.3, 0.4) is 0 Å². The van der Waals surface area contributed by atoms with E-state index in [2.05, 4.69) is 12.1 Å². The summed E-state index contributed by atoms with van der Waals surface area (Å²) in [4.78, 5) is 26.6. The van der Waals surface area contributed by atoms with Crippen molar-refractivity contribution < 1.29 is 9.59 Å². The molecule has 3 nitrogen and oxygen atoms in total. The summed E-state index contributed by atoms with van der Waals surface area (Å²) < 4.78 is 0. The molecule has 0 aromatic heterocycles. The summed E-state index contributed by atoms with van der Waals surface area (Å²) in [6.45, 7) is 0.867.